The molecule has 0 heterocycles. The number of carbonyl (C=O) groups excluding carboxylic acids is 1. The molecule has 19 heavy (non-hydrogen) atoms. The fourth-order valence-corrected chi connectivity index (χ4v) is 1.79. The molecule has 0 saturated heterocycles. The lowest BCUT2D eigenvalue weighted by molar-refractivity contribution is -0.146. The summed E-state index contributed by atoms with van der Waals surface area (Å²) in [5.74, 6) is -0.452. The highest BCUT2D eigenvalue weighted by Gasteiger charge is 2.21. The zero-order chi connectivity index (χ0) is 14.5. The van der Waals surface area contributed by atoms with Crippen molar-refractivity contribution >= 4 is 12.1 Å². The molecular formula is C14H27NO4. The second-order valence-electron chi connectivity index (χ2n) is 4.73. The molecule has 0 bridgehead atoms. The number of ether oxygens (including phenoxy) is 1. The maximum atomic E-state index is 11.7. The topological polar surface area (TPSA) is 75.6 Å². The predicted molar refractivity (Wildman–Crippen MR) is 74.2 cm³/mol. The normalized spacial score (nSPS) is 11.9. The molecule has 1 amide bonds. The SMILES string of the molecule is CCCCCCCOC(=O)C(CCCC)NC(=O)O. The zero-order valence-electron chi connectivity index (χ0n) is 12.1. The van der Waals surface area contributed by atoms with Gasteiger partial charge in [-0.2, -0.15) is 0 Å². The van der Waals surface area contributed by atoms with Crippen LogP contribution < -0.4 is 5.32 Å². The maximum Gasteiger partial charge on any atom is 0.405 e. The Morgan fingerprint density at radius 3 is 2.26 bits per heavy atom. The zero-order valence-corrected chi connectivity index (χ0v) is 12.1. The summed E-state index contributed by atoms with van der Waals surface area (Å²) in [6.07, 6.45) is 6.47. The third-order valence-electron chi connectivity index (χ3n) is 2.92. The van der Waals surface area contributed by atoms with E-state index in [1.54, 1.807) is 0 Å². The molecule has 0 aliphatic rings. The number of carbonyl (C=O) groups is 2. The van der Waals surface area contributed by atoms with E-state index in [1.165, 1.54) is 12.8 Å². The van der Waals surface area contributed by atoms with Gasteiger partial charge in [-0.3, -0.25) is 0 Å². The fraction of sp³-hybridized carbons (Fsp3) is 0.857. The van der Waals surface area contributed by atoms with Crippen molar-refractivity contribution < 1.29 is 19.4 Å². The van der Waals surface area contributed by atoms with E-state index in [4.69, 9.17) is 9.84 Å². The molecule has 0 aliphatic carbocycles. The van der Waals surface area contributed by atoms with Gasteiger partial charge < -0.3 is 15.2 Å². The minimum absolute atomic E-state index is 0.381. The van der Waals surface area contributed by atoms with Crippen molar-refractivity contribution in [3.8, 4) is 0 Å². The van der Waals surface area contributed by atoms with Crippen molar-refractivity contribution in [3.63, 3.8) is 0 Å². The molecule has 112 valence electrons. The lowest BCUT2D eigenvalue weighted by atomic mass is 10.1. The Bertz CT molecular complexity index is 256. The van der Waals surface area contributed by atoms with E-state index in [9.17, 15) is 9.59 Å². The van der Waals surface area contributed by atoms with Crippen LogP contribution in [0.15, 0.2) is 0 Å². The highest BCUT2D eigenvalue weighted by molar-refractivity contribution is 5.80. The minimum atomic E-state index is -1.18. The summed E-state index contributed by atoms with van der Waals surface area (Å²) < 4.78 is 5.12. The molecule has 0 aliphatic heterocycles. The molecule has 0 rings (SSSR count). The van der Waals surface area contributed by atoms with Gasteiger partial charge in [-0.25, -0.2) is 9.59 Å². The summed E-state index contributed by atoms with van der Waals surface area (Å²) in [6, 6.07) is -0.729. The van der Waals surface area contributed by atoms with Crippen molar-refractivity contribution in [1.82, 2.24) is 5.32 Å². The van der Waals surface area contributed by atoms with Crippen LogP contribution in [0.2, 0.25) is 0 Å². The standard InChI is InChI=1S/C14H27NO4/c1-3-5-7-8-9-11-19-13(16)12(10-6-4-2)15-14(17)18/h12,15H,3-11H2,1-2H3,(H,17,18). The van der Waals surface area contributed by atoms with Gasteiger partial charge in [0.05, 0.1) is 6.61 Å². The second kappa shape index (κ2) is 11.8. The van der Waals surface area contributed by atoms with Crippen LogP contribution >= 0.6 is 0 Å². The Kier molecular flexibility index (Phi) is 11.0. The molecule has 0 spiro atoms. The third kappa shape index (κ3) is 10.4. The van der Waals surface area contributed by atoms with Gasteiger partial charge in [0.25, 0.3) is 0 Å². The number of carboxylic acid groups (broad SMARTS) is 1. The van der Waals surface area contributed by atoms with Crippen molar-refractivity contribution in [2.24, 2.45) is 0 Å². The van der Waals surface area contributed by atoms with Crippen LogP contribution in [0, 0.1) is 0 Å². The Balaban J connectivity index is 3.86. The third-order valence-corrected chi connectivity index (χ3v) is 2.92. The van der Waals surface area contributed by atoms with Crippen molar-refractivity contribution in [2.45, 2.75) is 71.3 Å². The molecule has 5 nitrogen and oxygen atoms in total. The lowest BCUT2D eigenvalue weighted by Crippen LogP contribution is -2.41. The quantitative estimate of drug-likeness (QED) is 0.447. The van der Waals surface area contributed by atoms with E-state index in [0.29, 0.717) is 13.0 Å². The molecule has 0 aromatic heterocycles. The van der Waals surface area contributed by atoms with Gasteiger partial charge in [0.15, 0.2) is 0 Å². The average Bonchev–Trinajstić information content (AvgIpc) is 2.37. The maximum absolute atomic E-state index is 11.7. The van der Waals surface area contributed by atoms with Gasteiger partial charge in [-0.1, -0.05) is 52.4 Å². The summed E-state index contributed by atoms with van der Waals surface area (Å²) in [5, 5.41) is 10.9. The average molecular weight is 273 g/mol. The van der Waals surface area contributed by atoms with Crippen LogP contribution in [0.25, 0.3) is 0 Å². The van der Waals surface area contributed by atoms with Gasteiger partial charge in [-0.05, 0) is 12.8 Å². The summed E-state index contributed by atoms with van der Waals surface area (Å²) >= 11 is 0. The first-order valence-electron chi connectivity index (χ1n) is 7.27. The van der Waals surface area contributed by atoms with E-state index in [2.05, 4.69) is 12.2 Å². The van der Waals surface area contributed by atoms with Crippen LogP contribution in [0.3, 0.4) is 0 Å². The van der Waals surface area contributed by atoms with Gasteiger partial charge in [-0.15, -0.1) is 0 Å². The van der Waals surface area contributed by atoms with E-state index in [0.717, 1.165) is 32.1 Å². The molecule has 0 aromatic carbocycles. The molecule has 5 heteroatoms. The second-order valence-corrected chi connectivity index (χ2v) is 4.73. The van der Waals surface area contributed by atoms with E-state index in [-0.39, 0.29) is 0 Å². The number of nitrogens with one attached hydrogen (secondary N) is 1. The summed E-state index contributed by atoms with van der Waals surface area (Å²) in [7, 11) is 0. The molecule has 1 unspecified atom stereocenters. The lowest BCUT2D eigenvalue weighted by Gasteiger charge is -2.15. The molecule has 0 radical (unpaired) electrons. The molecular weight excluding hydrogens is 246 g/mol. The van der Waals surface area contributed by atoms with E-state index in [1.807, 2.05) is 6.92 Å². The van der Waals surface area contributed by atoms with Crippen LogP contribution in [0.5, 0.6) is 0 Å². The van der Waals surface area contributed by atoms with Gasteiger partial charge in [0, 0.05) is 0 Å². The number of esters is 1. The number of hydrogen-bond donors (Lipinski definition) is 2. The Hall–Kier alpha value is -1.26. The van der Waals surface area contributed by atoms with Crippen LogP contribution in [-0.2, 0) is 9.53 Å². The predicted octanol–water partition coefficient (Wildman–Crippen LogP) is 3.33. The monoisotopic (exact) mass is 273 g/mol. The number of rotatable bonds is 11. The Morgan fingerprint density at radius 2 is 1.68 bits per heavy atom. The Labute approximate surface area is 115 Å². The smallest absolute Gasteiger partial charge is 0.405 e. The highest BCUT2D eigenvalue weighted by Crippen LogP contribution is 2.05. The van der Waals surface area contributed by atoms with Crippen molar-refractivity contribution in [2.75, 3.05) is 6.61 Å². The van der Waals surface area contributed by atoms with Crippen LogP contribution in [0.1, 0.15) is 65.2 Å². The number of hydrogen-bond acceptors (Lipinski definition) is 3. The van der Waals surface area contributed by atoms with Gasteiger partial charge >= 0.3 is 12.1 Å². The first kappa shape index (κ1) is 17.7. The molecule has 0 saturated carbocycles. The number of amides is 1. The first-order chi connectivity index (χ1) is 9.11. The van der Waals surface area contributed by atoms with Gasteiger partial charge in [0.1, 0.15) is 6.04 Å². The minimum Gasteiger partial charge on any atom is -0.465 e. The molecule has 1 atom stereocenters. The summed E-state index contributed by atoms with van der Waals surface area (Å²) in [5.41, 5.74) is 0. The Morgan fingerprint density at radius 1 is 1.05 bits per heavy atom. The van der Waals surface area contributed by atoms with Gasteiger partial charge in [0.2, 0.25) is 0 Å². The summed E-state index contributed by atoms with van der Waals surface area (Å²) in [6.45, 7) is 4.53. The molecule has 2 N–H and O–H groups in total. The molecule has 0 fully saturated rings. The van der Waals surface area contributed by atoms with Crippen molar-refractivity contribution in [3.05, 3.63) is 0 Å². The van der Waals surface area contributed by atoms with Crippen LogP contribution in [-0.4, -0.2) is 29.8 Å². The number of unbranched alkanes of at least 4 members (excludes halogenated alkanes) is 5. The highest BCUT2D eigenvalue weighted by atomic mass is 16.5. The largest absolute Gasteiger partial charge is 0.465 e. The van der Waals surface area contributed by atoms with E-state index < -0.39 is 18.1 Å². The van der Waals surface area contributed by atoms with Crippen LogP contribution in [0.4, 0.5) is 4.79 Å². The summed E-state index contributed by atoms with van der Waals surface area (Å²) in [4.78, 5) is 22.3. The molecule has 0 aromatic rings. The first-order valence-corrected chi connectivity index (χ1v) is 7.27. The fourth-order valence-electron chi connectivity index (χ4n) is 1.79. The van der Waals surface area contributed by atoms with Crippen molar-refractivity contribution in [1.29, 1.82) is 0 Å². The van der Waals surface area contributed by atoms with E-state index >= 15 is 0 Å².